The predicted octanol–water partition coefficient (Wildman–Crippen LogP) is 14.0. The molecule has 3 aromatic heterocycles. The highest BCUT2D eigenvalue weighted by Crippen LogP contribution is 2.40. The Balaban J connectivity index is 1.12. The van der Waals surface area contributed by atoms with Crippen LogP contribution in [0.4, 0.5) is 0 Å². The quantitative estimate of drug-likeness (QED) is 0.166. The molecule has 0 saturated carbocycles. The van der Waals surface area contributed by atoms with E-state index in [-0.39, 0.29) is 0 Å². The highest BCUT2D eigenvalue weighted by Gasteiger charge is 2.15. The molecule has 258 valence electrons. The highest BCUT2D eigenvalue weighted by molar-refractivity contribution is 6.10. The van der Waals surface area contributed by atoms with Gasteiger partial charge in [-0.15, -0.1) is 0 Å². The summed E-state index contributed by atoms with van der Waals surface area (Å²) in [7, 11) is 0. The van der Waals surface area contributed by atoms with Gasteiger partial charge in [0.1, 0.15) is 11.2 Å². The Bertz CT molecular complexity index is 2840. The first-order chi connectivity index (χ1) is 27.2. The molecule has 0 amide bonds. The summed E-state index contributed by atoms with van der Waals surface area (Å²) >= 11 is 0. The second kappa shape index (κ2) is 13.9. The maximum atomic E-state index is 6.57. The van der Waals surface area contributed by atoms with Gasteiger partial charge in [-0.2, -0.15) is 0 Å². The SMILES string of the molecule is c1cc(-c2ccncc2)cc(-c2cccc(-c3cc(-c4cccc(-c5cccc(-c6ccncc6)c5)c4)cc(-c4cccc5c4oc4ccccc45)c3)c2)c1. The Hall–Kier alpha value is -7.36. The van der Waals surface area contributed by atoms with E-state index in [0.717, 1.165) is 77.6 Å². The third-order valence-electron chi connectivity index (χ3n) is 10.5. The number of aromatic nitrogens is 2. The first-order valence-electron chi connectivity index (χ1n) is 18.5. The summed E-state index contributed by atoms with van der Waals surface area (Å²) in [5.74, 6) is 0. The Kier molecular flexibility index (Phi) is 8.16. The van der Waals surface area contributed by atoms with Crippen LogP contribution in [0.5, 0.6) is 0 Å². The van der Waals surface area contributed by atoms with Crippen molar-refractivity contribution in [2.75, 3.05) is 0 Å². The zero-order chi connectivity index (χ0) is 36.6. The van der Waals surface area contributed by atoms with Gasteiger partial charge in [0.25, 0.3) is 0 Å². The summed E-state index contributed by atoms with van der Waals surface area (Å²) in [5.41, 5.74) is 17.8. The summed E-state index contributed by atoms with van der Waals surface area (Å²) in [4.78, 5) is 8.42. The van der Waals surface area contributed by atoms with Crippen molar-refractivity contribution >= 4 is 21.9 Å². The van der Waals surface area contributed by atoms with Crippen molar-refractivity contribution in [2.24, 2.45) is 0 Å². The lowest BCUT2D eigenvalue weighted by atomic mass is 9.90. The lowest BCUT2D eigenvalue weighted by Crippen LogP contribution is -1.89. The lowest BCUT2D eigenvalue weighted by Gasteiger charge is -2.14. The number of furan rings is 1. The van der Waals surface area contributed by atoms with Gasteiger partial charge in [-0.1, -0.05) is 109 Å². The fourth-order valence-electron chi connectivity index (χ4n) is 7.69. The number of fused-ring (bicyclic) bond motifs is 3. The third kappa shape index (κ3) is 6.28. The minimum atomic E-state index is 0.893. The smallest absolute Gasteiger partial charge is 0.143 e. The maximum absolute atomic E-state index is 6.57. The van der Waals surface area contributed by atoms with Crippen LogP contribution >= 0.6 is 0 Å². The molecule has 0 aliphatic heterocycles. The molecule has 3 heterocycles. The monoisotopic (exact) mass is 702 g/mol. The molecule has 0 aliphatic rings. The molecule has 0 aliphatic carbocycles. The number of rotatable bonds is 7. The Labute approximate surface area is 319 Å². The van der Waals surface area contributed by atoms with Gasteiger partial charge in [-0.25, -0.2) is 0 Å². The summed E-state index contributed by atoms with van der Waals surface area (Å²) in [6.07, 6.45) is 7.37. The first-order valence-corrected chi connectivity index (χ1v) is 18.5. The van der Waals surface area contributed by atoms with E-state index >= 15 is 0 Å². The zero-order valence-electron chi connectivity index (χ0n) is 29.9. The third-order valence-corrected chi connectivity index (χ3v) is 10.5. The Morgan fingerprint density at radius 1 is 0.273 bits per heavy atom. The number of pyridine rings is 2. The maximum Gasteiger partial charge on any atom is 0.143 e. The standard InChI is InChI=1S/C52H34N2O/c1-2-19-51-49(16-1)50-18-7-17-48(52(50)55-51)47-33-45(43-14-5-12-41(30-43)39-10-3-8-37(28-39)35-20-24-53-25-21-35)32-46(34-47)44-15-6-13-42(31-44)40-11-4-9-38(29-40)36-22-26-54-27-23-36/h1-34H. The van der Waals surface area contributed by atoms with E-state index < -0.39 is 0 Å². The van der Waals surface area contributed by atoms with E-state index in [0.29, 0.717) is 0 Å². The topological polar surface area (TPSA) is 38.9 Å². The van der Waals surface area contributed by atoms with Crippen molar-refractivity contribution in [1.29, 1.82) is 0 Å². The minimum Gasteiger partial charge on any atom is -0.455 e. The molecule has 0 bridgehead atoms. The molecule has 3 nitrogen and oxygen atoms in total. The minimum absolute atomic E-state index is 0.893. The summed E-state index contributed by atoms with van der Waals surface area (Å²) in [5, 5.41) is 2.24. The highest BCUT2D eigenvalue weighted by atomic mass is 16.3. The van der Waals surface area contributed by atoms with Crippen LogP contribution in [0, 0.1) is 0 Å². The molecule has 0 fully saturated rings. The van der Waals surface area contributed by atoms with E-state index in [9.17, 15) is 0 Å². The lowest BCUT2D eigenvalue weighted by molar-refractivity contribution is 0.670. The normalized spacial score (nSPS) is 11.3. The van der Waals surface area contributed by atoms with Gasteiger partial charge >= 0.3 is 0 Å². The van der Waals surface area contributed by atoms with Gasteiger partial charge in [0.15, 0.2) is 0 Å². The van der Waals surface area contributed by atoms with Gasteiger partial charge in [0, 0.05) is 41.1 Å². The van der Waals surface area contributed by atoms with E-state index in [2.05, 4.69) is 180 Å². The largest absolute Gasteiger partial charge is 0.455 e. The summed E-state index contributed by atoms with van der Waals surface area (Å²) in [6, 6.07) is 65.1. The zero-order valence-corrected chi connectivity index (χ0v) is 29.9. The van der Waals surface area contributed by atoms with Crippen LogP contribution in [-0.2, 0) is 0 Å². The molecule has 7 aromatic carbocycles. The van der Waals surface area contributed by atoms with Crippen molar-refractivity contribution in [1.82, 2.24) is 9.97 Å². The molecular formula is C52H34N2O. The van der Waals surface area contributed by atoms with Crippen molar-refractivity contribution in [3.05, 3.63) is 207 Å². The van der Waals surface area contributed by atoms with Crippen LogP contribution < -0.4 is 0 Å². The van der Waals surface area contributed by atoms with Crippen LogP contribution in [0.3, 0.4) is 0 Å². The van der Waals surface area contributed by atoms with Gasteiger partial charge < -0.3 is 4.42 Å². The van der Waals surface area contributed by atoms with Crippen molar-refractivity contribution in [3.8, 4) is 77.9 Å². The van der Waals surface area contributed by atoms with E-state index in [1.165, 1.54) is 22.3 Å². The van der Waals surface area contributed by atoms with Crippen LogP contribution in [-0.4, -0.2) is 9.97 Å². The molecule has 10 aromatic rings. The van der Waals surface area contributed by atoms with Gasteiger partial charge in [0.2, 0.25) is 0 Å². The first kappa shape index (κ1) is 32.3. The number of hydrogen-bond donors (Lipinski definition) is 0. The molecular weight excluding hydrogens is 669 g/mol. The van der Waals surface area contributed by atoms with Crippen LogP contribution in [0.15, 0.2) is 211 Å². The molecule has 3 heteroatoms. The van der Waals surface area contributed by atoms with E-state index in [1.54, 1.807) is 0 Å². The van der Waals surface area contributed by atoms with Gasteiger partial charge in [0.05, 0.1) is 0 Å². The molecule has 0 unspecified atom stereocenters. The number of nitrogens with zero attached hydrogens (tertiary/aromatic N) is 2. The fourth-order valence-corrected chi connectivity index (χ4v) is 7.69. The van der Waals surface area contributed by atoms with E-state index in [1.807, 2.05) is 36.9 Å². The molecule has 0 atom stereocenters. The molecule has 0 N–H and O–H groups in total. The van der Waals surface area contributed by atoms with Crippen molar-refractivity contribution < 1.29 is 4.42 Å². The second-order valence-corrected chi connectivity index (χ2v) is 13.9. The molecule has 0 spiro atoms. The summed E-state index contributed by atoms with van der Waals surface area (Å²) < 4.78 is 6.57. The van der Waals surface area contributed by atoms with Crippen LogP contribution in [0.1, 0.15) is 0 Å². The van der Waals surface area contributed by atoms with Crippen molar-refractivity contribution in [3.63, 3.8) is 0 Å². The van der Waals surface area contributed by atoms with Gasteiger partial charge in [-0.05, 0) is 145 Å². The van der Waals surface area contributed by atoms with Gasteiger partial charge in [-0.3, -0.25) is 9.97 Å². The number of hydrogen-bond acceptors (Lipinski definition) is 3. The molecule has 55 heavy (non-hydrogen) atoms. The Morgan fingerprint density at radius 3 is 1.13 bits per heavy atom. The Morgan fingerprint density at radius 2 is 0.636 bits per heavy atom. The summed E-state index contributed by atoms with van der Waals surface area (Å²) in [6.45, 7) is 0. The number of benzene rings is 7. The average Bonchev–Trinajstić information content (AvgIpc) is 3.66. The fraction of sp³-hybridized carbons (Fsp3) is 0. The average molecular weight is 703 g/mol. The number of para-hydroxylation sites is 2. The molecule has 0 saturated heterocycles. The molecule has 10 rings (SSSR count). The molecule has 0 radical (unpaired) electrons. The van der Waals surface area contributed by atoms with Crippen molar-refractivity contribution in [2.45, 2.75) is 0 Å². The predicted molar refractivity (Wildman–Crippen MR) is 227 cm³/mol. The van der Waals surface area contributed by atoms with E-state index in [4.69, 9.17) is 4.42 Å². The van der Waals surface area contributed by atoms with Crippen LogP contribution in [0.2, 0.25) is 0 Å². The van der Waals surface area contributed by atoms with Crippen LogP contribution in [0.25, 0.3) is 99.8 Å². The second-order valence-electron chi connectivity index (χ2n) is 13.9.